The number of carbonyl (C=O) groups excluding carboxylic acids is 1. The van der Waals surface area contributed by atoms with E-state index in [1.165, 1.54) is 0 Å². The van der Waals surface area contributed by atoms with E-state index in [0.717, 1.165) is 17.1 Å². The third-order valence-electron chi connectivity index (χ3n) is 3.15. The van der Waals surface area contributed by atoms with Gasteiger partial charge >= 0.3 is 6.09 Å². The highest BCUT2D eigenvalue weighted by Gasteiger charge is 2.16. The maximum absolute atomic E-state index is 11.6. The Kier molecular flexibility index (Phi) is 5.82. The predicted octanol–water partition coefficient (Wildman–Crippen LogP) is 4.00. The van der Waals surface area contributed by atoms with Gasteiger partial charge in [-0.05, 0) is 50.6 Å². The number of hydrogen-bond acceptors (Lipinski definition) is 4. The van der Waals surface area contributed by atoms with Crippen LogP contribution in [0.5, 0.6) is 11.5 Å². The summed E-state index contributed by atoms with van der Waals surface area (Å²) in [6, 6.07) is 16.7. The summed E-state index contributed by atoms with van der Waals surface area (Å²) in [4.78, 5) is 11.6. The van der Waals surface area contributed by atoms with Gasteiger partial charge in [0.05, 0.1) is 0 Å². The van der Waals surface area contributed by atoms with E-state index < -0.39 is 11.7 Å². The van der Waals surface area contributed by atoms with E-state index in [2.05, 4.69) is 5.32 Å². The Morgan fingerprint density at radius 1 is 1.04 bits per heavy atom. The second kappa shape index (κ2) is 7.84. The molecule has 0 aliphatic rings. The van der Waals surface area contributed by atoms with Crippen LogP contribution in [-0.4, -0.2) is 18.2 Å². The maximum atomic E-state index is 11.6. The van der Waals surface area contributed by atoms with Gasteiger partial charge in [0.1, 0.15) is 17.1 Å². The summed E-state index contributed by atoms with van der Waals surface area (Å²) >= 11 is 0. The first kappa shape index (κ1) is 17.8. The molecule has 0 bridgehead atoms. The number of ether oxygens (including phenoxy) is 2. The molecule has 0 fully saturated rings. The molecule has 2 rings (SSSR count). The number of rotatable bonds is 5. The lowest BCUT2D eigenvalue weighted by Gasteiger charge is -2.21. The molecule has 0 aliphatic heterocycles. The minimum atomic E-state index is -0.523. The van der Waals surface area contributed by atoms with Crippen LogP contribution in [-0.2, 0) is 4.74 Å². The number of nitrogens with one attached hydrogen (secondary N) is 1. The fourth-order valence-corrected chi connectivity index (χ4v) is 2.03. The Morgan fingerprint density at radius 3 is 2.21 bits per heavy atom. The Bertz CT molecular complexity index is 649. The molecule has 0 heterocycles. The molecule has 3 N–H and O–H groups in total. The molecule has 1 amide bonds. The van der Waals surface area contributed by atoms with Crippen molar-refractivity contribution >= 4 is 6.09 Å². The topological polar surface area (TPSA) is 73.6 Å². The molecule has 1 unspecified atom stereocenters. The molecule has 0 aliphatic carbocycles. The van der Waals surface area contributed by atoms with E-state index in [0.29, 0.717) is 6.54 Å². The van der Waals surface area contributed by atoms with Gasteiger partial charge in [-0.25, -0.2) is 4.79 Å². The van der Waals surface area contributed by atoms with Crippen LogP contribution in [0.2, 0.25) is 0 Å². The molecule has 0 radical (unpaired) electrons. The molecule has 1 atom stereocenters. The Morgan fingerprint density at radius 2 is 1.62 bits per heavy atom. The predicted molar refractivity (Wildman–Crippen MR) is 94.1 cm³/mol. The van der Waals surface area contributed by atoms with Crippen molar-refractivity contribution in [3.05, 3.63) is 60.2 Å². The van der Waals surface area contributed by atoms with Gasteiger partial charge < -0.3 is 20.5 Å². The van der Waals surface area contributed by atoms with Gasteiger partial charge in [-0.2, -0.15) is 0 Å². The Hall–Kier alpha value is -2.53. The van der Waals surface area contributed by atoms with Gasteiger partial charge in [0.2, 0.25) is 0 Å². The molecular weight excluding hydrogens is 304 g/mol. The number of nitrogens with two attached hydrogens (primary N) is 1. The fourth-order valence-electron chi connectivity index (χ4n) is 2.03. The van der Waals surface area contributed by atoms with E-state index in [4.69, 9.17) is 15.2 Å². The van der Waals surface area contributed by atoms with Gasteiger partial charge in [0, 0.05) is 12.6 Å². The quantitative estimate of drug-likeness (QED) is 0.870. The highest BCUT2D eigenvalue weighted by molar-refractivity contribution is 5.67. The minimum absolute atomic E-state index is 0.299. The molecule has 5 heteroatoms. The third-order valence-corrected chi connectivity index (χ3v) is 3.15. The van der Waals surface area contributed by atoms with Crippen LogP contribution in [0.15, 0.2) is 54.6 Å². The van der Waals surface area contributed by atoms with Crippen LogP contribution in [0.3, 0.4) is 0 Å². The lowest BCUT2D eigenvalue weighted by Crippen LogP contribution is -2.36. The van der Waals surface area contributed by atoms with Crippen molar-refractivity contribution in [2.45, 2.75) is 32.4 Å². The smallest absolute Gasteiger partial charge is 0.407 e. The summed E-state index contributed by atoms with van der Waals surface area (Å²) in [5.74, 6) is 1.51. The standard InChI is InChI=1S/C19H24N2O3/c1-19(2,3)24-18(22)21-13-17(20)14-9-11-16(12-10-14)23-15-7-5-4-6-8-15/h4-12,17H,13,20H2,1-3H3,(H,21,22). The Balaban J connectivity index is 1.87. The van der Waals surface area contributed by atoms with Gasteiger partial charge in [-0.15, -0.1) is 0 Å². The molecular formula is C19H24N2O3. The van der Waals surface area contributed by atoms with Crippen LogP contribution < -0.4 is 15.8 Å². The van der Waals surface area contributed by atoms with Gasteiger partial charge in [-0.3, -0.25) is 0 Å². The fraction of sp³-hybridized carbons (Fsp3) is 0.316. The van der Waals surface area contributed by atoms with Crippen molar-refractivity contribution in [2.24, 2.45) is 5.73 Å². The van der Waals surface area contributed by atoms with Crippen LogP contribution in [0, 0.1) is 0 Å². The lowest BCUT2D eigenvalue weighted by molar-refractivity contribution is 0.0524. The van der Waals surface area contributed by atoms with Gasteiger partial charge in [-0.1, -0.05) is 30.3 Å². The molecule has 5 nitrogen and oxygen atoms in total. The van der Waals surface area contributed by atoms with E-state index >= 15 is 0 Å². The molecule has 0 aromatic heterocycles. The first-order chi connectivity index (χ1) is 11.3. The first-order valence-electron chi connectivity index (χ1n) is 7.89. The molecule has 0 saturated carbocycles. The molecule has 0 spiro atoms. The average Bonchev–Trinajstić information content (AvgIpc) is 2.53. The zero-order valence-electron chi connectivity index (χ0n) is 14.3. The van der Waals surface area contributed by atoms with Crippen LogP contribution in [0.25, 0.3) is 0 Å². The second-order valence-corrected chi connectivity index (χ2v) is 6.47. The van der Waals surface area contributed by atoms with Gasteiger partial charge in [0.25, 0.3) is 0 Å². The Labute approximate surface area is 142 Å². The third kappa shape index (κ3) is 5.93. The van der Waals surface area contributed by atoms with Crippen molar-refractivity contribution < 1.29 is 14.3 Å². The summed E-state index contributed by atoms with van der Waals surface area (Å²) < 4.78 is 10.9. The molecule has 24 heavy (non-hydrogen) atoms. The van der Waals surface area contributed by atoms with E-state index in [-0.39, 0.29) is 6.04 Å². The SMILES string of the molecule is CC(C)(C)OC(=O)NCC(N)c1ccc(Oc2ccccc2)cc1. The summed E-state index contributed by atoms with van der Waals surface area (Å²) in [7, 11) is 0. The van der Waals surface area contributed by atoms with Crippen LogP contribution >= 0.6 is 0 Å². The minimum Gasteiger partial charge on any atom is -0.457 e. The summed E-state index contributed by atoms with van der Waals surface area (Å²) in [5.41, 5.74) is 6.48. The zero-order chi connectivity index (χ0) is 17.6. The van der Waals surface area contributed by atoms with Crippen molar-refractivity contribution in [1.82, 2.24) is 5.32 Å². The molecule has 2 aromatic carbocycles. The zero-order valence-corrected chi connectivity index (χ0v) is 14.3. The van der Waals surface area contributed by atoms with Crippen molar-refractivity contribution in [2.75, 3.05) is 6.54 Å². The largest absolute Gasteiger partial charge is 0.457 e. The normalized spacial score (nSPS) is 12.3. The number of carbonyl (C=O) groups is 1. The number of alkyl carbamates (subject to hydrolysis) is 1. The maximum Gasteiger partial charge on any atom is 0.407 e. The molecule has 0 saturated heterocycles. The summed E-state index contributed by atoms with van der Waals surface area (Å²) in [6.45, 7) is 5.75. The van der Waals surface area contributed by atoms with Crippen LogP contribution in [0.4, 0.5) is 4.79 Å². The number of amides is 1. The highest BCUT2D eigenvalue weighted by atomic mass is 16.6. The summed E-state index contributed by atoms with van der Waals surface area (Å²) in [5, 5.41) is 2.67. The first-order valence-corrected chi connectivity index (χ1v) is 7.89. The molecule has 2 aromatic rings. The number of benzene rings is 2. The monoisotopic (exact) mass is 328 g/mol. The lowest BCUT2D eigenvalue weighted by atomic mass is 10.1. The number of hydrogen-bond donors (Lipinski definition) is 2. The summed E-state index contributed by atoms with van der Waals surface area (Å²) in [6.07, 6.45) is -0.470. The van der Waals surface area contributed by atoms with Crippen molar-refractivity contribution in [3.63, 3.8) is 0 Å². The van der Waals surface area contributed by atoms with E-state index in [9.17, 15) is 4.79 Å². The van der Waals surface area contributed by atoms with Crippen molar-refractivity contribution in [3.8, 4) is 11.5 Å². The van der Waals surface area contributed by atoms with Crippen molar-refractivity contribution in [1.29, 1.82) is 0 Å². The second-order valence-electron chi connectivity index (χ2n) is 6.47. The molecule has 128 valence electrons. The van der Waals surface area contributed by atoms with Gasteiger partial charge in [0.15, 0.2) is 0 Å². The average molecular weight is 328 g/mol. The van der Waals surface area contributed by atoms with E-state index in [1.807, 2.05) is 75.4 Å². The highest BCUT2D eigenvalue weighted by Crippen LogP contribution is 2.22. The van der Waals surface area contributed by atoms with Crippen LogP contribution in [0.1, 0.15) is 32.4 Å². The van der Waals surface area contributed by atoms with E-state index in [1.54, 1.807) is 0 Å². The number of para-hydroxylation sites is 1.